The molecule has 1 N–H and O–H groups in total. The fourth-order valence-corrected chi connectivity index (χ4v) is 2.88. The summed E-state index contributed by atoms with van der Waals surface area (Å²) in [5.74, 6) is -0.553. The van der Waals surface area contributed by atoms with Gasteiger partial charge >= 0.3 is 0 Å². The number of amides is 1. The van der Waals surface area contributed by atoms with Crippen LogP contribution in [0.3, 0.4) is 0 Å². The minimum absolute atomic E-state index is 0.0202. The van der Waals surface area contributed by atoms with E-state index in [0.29, 0.717) is 11.1 Å². The van der Waals surface area contributed by atoms with Crippen molar-refractivity contribution >= 4 is 5.91 Å². The van der Waals surface area contributed by atoms with Crippen molar-refractivity contribution in [2.45, 2.75) is 32.2 Å². The Hall–Kier alpha value is -2.16. The van der Waals surface area contributed by atoms with Gasteiger partial charge in [0, 0.05) is 5.56 Å². The molecule has 2 aromatic rings. The standard InChI is InChI=1S/C18H18FNO/c1-12-9-10-14(11-16(12)19)18(21)20-17-8-4-6-13-5-2-3-7-15(13)17/h2-3,5,7,9-11,17H,4,6,8H2,1H3,(H,20,21)/t17-/m1/s1. The predicted octanol–water partition coefficient (Wildman–Crippen LogP) is 3.94. The van der Waals surface area contributed by atoms with Crippen molar-refractivity contribution < 1.29 is 9.18 Å². The molecule has 0 bridgehead atoms. The van der Waals surface area contributed by atoms with Crippen LogP contribution in [0.2, 0.25) is 0 Å². The molecular formula is C18H18FNO. The number of nitrogens with one attached hydrogen (secondary N) is 1. The molecule has 0 fully saturated rings. The summed E-state index contributed by atoms with van der Waals surface area (Å²) < 4.78 is 13.6. The van der Waals surface area contributed by atoms with E-state index in [1.54, 1.807) is 19.1 Å². The summed E-state index contributed by atoms with van der Waals surface area (Å²) in [6, 6.07) is 12.8. The maximum Gasteiger partial charge on any atom is 0.251 e. The van der Waals surface area contributed by atoms with Crippen LogP contribution in [0.1, 0.15) is 45.9 Å². The maximum absolute atomic E-state index is 13.6. The first-order valence-corrected chi connectivity index (χ1v) is 7.30. The first kappa shape index (κ1) is 13.8. The summed E-state index contributed by atoms with van der Waals surface area (Å²) in [6.45, 7) is 1.69. The Morgan fingerprint density at radius 3 is 2.86 bits per heavy atom. The summed E-state index contributed by atoms with van der Waals surface area (Å²) in [4.78, 5) is 12.3. The van der Waals surface area contributed by atoms with E-state index in [-0.39, 0.29) is 17.8 Å². The first-order valence-electron chi connectivity index (χ1n) is 7.30. The topological polar surface area (TPSA) is 29.1 Å². The second kappa shape index (κ2) is 5.68. The molecule has 21 heavy (non-hydrogen) atoms. The molecular weight excluding hydrogens is 265 g/mol. The molecule has 1 aliphatic carbocycles. The van der Waals surface area contributed by atoms with Crippen molar-refractivity contribution in [1.82, 2.24) is 5.32 Å². The van der Waals surface area contributed by atoms with Crippen molar-refractivity contribution in [3.8, 4) is 0 Å². The van der Waals surface area contributed by atoms with E-state index >= 15 is 0 Å². The molecule has 0 radical (unpaired) electrons. The second-order valence-corrected chi connectivity index (χ2v) is 5.58. The van der Waals surface area contributed by atoms with Crippen LogP contribution in [0.4, 0.5) is 4.39 Å². The quantitative estimate of drug-likeness (QED) is 0.888. The normalized spacial score (nSPS) is 17.1. The van der Waals surface area contributed by atoms with Gasteiger partial charge in [0.2, 0.25) is 0 Å². The Labute approximate surface area is 124 Å². The lowest BCUT2D eigenvalue weighted by Gasteiger charge is -2.26. The van der Waals surface area contributed by atoms with Gasteiger partial charge in [-0.1, -0.05) is 30.3 Å². The molecule has 3 rings (SSSR count). The summed E-state index contributed by atoms with van der Waals surface area (Å²) >= 11 is 0. The highest BCUT2D eigenvalue weighted by atomic mass is 19.1. The van der Waals surface area contributed by atoms with Gasteiger partial charge in [-0.3, -0.25) is 4.79 Å². The summed E-state index contributed by atoms with van der Waals surface area (Å²) in [5, 5.41) is 3.03. The van der Waals surface area contributed by atoms with E-state index in [1.807, 2.05) is 12.1 Å². The maximum atomic E-state index is 13.6. The third-order valence-electron chi connectivity index (χ3n) is 4.11. The van der Waals surface area contributed by atoms with Gasteiger partial charge in [-0.2, -0.15) is 0 Å². The summed E-state index contributed by atoms with van der Waals surface area (Å²) in [6.07, 6.45) is 3.04. The molecule has 0 aliphatic heterocycles. The number of rotatable bonds is 2. The summed E-state index contributed by atoms with van der Waals surface area (Å²) in [7, 11) is 0. The van der Waals surface area contributed by atoms with E-state index in [9.17, 15) is 9.18 Å². The van der Waals surface area contributed by atoms with Gasteiger partial charge in [0.15, 0.2) is 0 Å². The third-order valence-corrected chi connectivity index (χ3v) is 4.11. The van der Waals surface area contributed by atoms with E-state index in [1.165, 1.54) is 17.2 Å². The van der Waals surface area contributed by atoms with Crippen LogP contribution >= 0.6 is 0 Å². The summed E-state index contributed by atoms with van der Waals surface area (Å²) in [5.41, 5.74) is 3.41. The molecule has 0 heterocycles. The van der Waals surface area contributed by atoms with Gasteiger partial charge in [0.1, 0.15) is 5.82 Å². The lowest BCUT2D eigenvalue weighted by atomic mass is 9.87. The molecule has 108 valence electrons. The molecule has 1 atom stereocenters. The number of hydrogen-bond acceptors (Lipinski definition) is 1. The van der Waals surface area contributed by atoms with Gasteiger partial charge in [0.05, 0.1) is 6.04 Å². The van der Waals surface area contributed by atoms with E-state index in [4.69, 9.17) is 0 Å². The van der Waals surface area contributed by atoms with Gasteiger partial charge in [-0.25, -0.2) is 4.39 Å². The highest BCUT2D eigenvalue weighted by molar-refractivity contribution is 5.94. The van der Waals surface area contributed by atoms with Crippen LogP contribution in [0, 0.1) is 12.7 Å². The minimum Gasteiger partial charge on any atom is -0.345 e. The number of benzene rings is 2. The van der Waals surface area contributed by atoms with Crippen molar-refractivity contribution in [2.24, 2.45) is 0 Å². The zero-order chi connectivity index (χ0) is 14.8. The molecule has 1 amide bonds. The monoisotopic (exact) mass is 283 g/mol. The first-order chi connectivity index (χ1) is 10.1. The zero-order valence-electron chi connectivity index (χ0n) is 12.0. The molecule has 2 aromatic carbocycles. The van der Waals surface area contributed by atoms with Crippen LogP contribution in [0.15, 0.2) is 42.5 Å². The van der Waals surface area contributed by atoms with Gasteiger partial charge < -0.3 is 5.32 Å². The van der Waals surface area contributed by atoms with Crippen molar-refractivity contribution in [3.63, 3.8) is 0 Å². The van der Waals surface area contributed by atoms with E-state index in [0.717, 1.165) is 19.3 Å². The number of fused-ring (bicyclic) bond motifs is 1. The van der Waals surface area contributed by atoms with Crippen LogP contribution in [-0.2, 0) is 6.42 Å². The fraction of sp³-hybridized carbons (Fsp3) is 0.278. The zero-order valence-corrected chi connectivity index (χ0v) is 12.0. The second-order valence-electron chi connectivity index (χ2n) is 5.58. The lowest BCUT2D eigenvalue weighted by molar-refractivity contribution is 0.0932. The van der Waals surface area contributed by atoms with Gasteiger partial charge in [0.25, 0.3) is 5.91 Å². The molecule has 0 saturated heterocycles. The number of carbonyl (C=O) groups excluding carboxylic acids is 1. The number of carbonyl (C=O) groups is 1. The molecule has 0 spiro atoms. The Balaban J connectivity index is 1.81. The van der Waals surface area contributed by atoms with Crippen LogP contribution in [-0.4, -0.2) is 5.91 Å². The van der Waals surface area contributed by atoms with E-state index < -0.39 is 0 Å². The highest BCUT2D eigenvalue weighted by Gasteiger charge is 2.22. The molecule has 0 aromatic heterocycles. The van der Waals surface area contributed by atoms with Gasteiger partial charge in [-0.05, 0) is 55.0 Å². The van der Waals surface area contributed by atoms with Crippen molar-refractivity contribution in [1.29, 1.82) is 0 Å². The Morgan fingerprint density at radius 2 is 2.05 bits per heavy atom. The third kappa shape index (κ3) is 2.82. The number of halogens is 1. The van der Waals surface area contributed by atoms with Crippen LogP contribution in [0.25, 0.3) is 0 Å². The van der Waals surface area contributed by atoms with Gasteiger partial charge in [-0.15, -0.1) is 0 Å². The Kier molecular flexibility index (Phi) is 3.74. The predicted molar refractivity (Wildman–Crippen MR) is 80.7 cm³/mol. The minimum atomic E-state index is -0.341. The highest BCUT2D eigenvalue weighted by Crippen LogP contribution is 2.29. The van der Waals surface area contributed by atoms with Crippen molar-refractivity contribution in [3.05, 3.63) is 70.5 Å². The van der Waals surface area contributed by atoms with E-state index in [2.05, 4.69) is 17.4 Å². The molecule has 3 heteroatoms. The smallest absolute Gasteiger partial charge is 0.251 e. The van der Waals surface area contributed by atoms with Crippen LogP contribution < -0.4 is 5.32 Å². The molecule has 0 unspecified atom stereocenters. The van der Waals surface area contributed by atoms with Crippen molar-refractivity contribution in [2.75, 3.05) is 0 Å². The average Bonchev–Trinajstić information content (AvgIpc) is 2.50. The molecule has 0 saturated carbocycles. The number of hydrogen-bond donors (Lipinski definition) is 1. The molecule has 1 aliphatic rings. The Bertz CT molecular complexity index is 681. The number of aryl methyl sites for hydroxylation is 2. The average molecular weight is 283 g/mol. The fourth-order valence-electron chi connectivity index (χ4n) is 2.88. The Morgan fingerprint density at radius 1 is 1.24 bits per heavy atom. The lowest BCUT2D eigenvalue weighted by Crippen LogP contribution is -2.31. The van der Waals surface area contributed by atoms with Crippen LogP contribution in [0.5, 0.6) is 0 Å². The largest absolute Gasteiger partial charge is 0.345 e. The molecule has 2 nitrogen and oxygen atoms in total. The SMILES string of the molecule is Cc1ccc(C(=O)N[C@@H]2CCCc3ccccc32)cc1F.